The lowest BCUT2D eigenvalue weighted by atomic mass is 9.67. The van der Waals surface area contributed by atoms with Gasteiger partial charge in [-0.1, -0.05) is 36.4 Å². The zero-order valence-corrected chi connectivity index (χ0v) is 16.3. The number of nitrogens with two attached hydrogens (primary N) is 1. The maximum atomic E-state index is 12.0. The van der Waals surface area contributed by atoms with Crippen molar-refractivity contribution >= 4 is 12.1 Å². The first-order valence-electron chi connectivity index (χ1n) is 10.6. The number of rotatable bonds is 3. The summed E-state index contributed by atoms with van der Waals surface area (Å²) < 4.78 is 0. The lowest BCUT2D eigenvalue weighted by Crippen LogP contribution is -2.51. The van der Waals surface area contributed by atoms with Gasteiger partial charge in [0.1, 0.15) is 0 Å². The van der Waals surface area contributed by atoms with Crippen molar-refractivity contribution in [3.05, 3.63) is 65.2 Å². The number of nitrogens with zero attached hydrogens (tertiary/aromatic N) is 1. The molecule has 4 heteroatoms. The fourth-order valence-electron chi connectivity index (χ4n) is 6.22. The first-order valence-corrected chi connectivity index (χ1v) is 10.6. The molecule has 5 rings (SSSR count). The van der Waals surface area contributed by atoms with Gasteiger partial charge in [0.2, 0.25) is 6.41 Å². The number of nitrogens with one attached hydrogen (secondary N) is 1. The van der Waals surface area contributed by atoms with Crippen LogP contribution in [0.2, 0.25) is 0 Å². The van der Waals surface area contributed by atoms with Crippen LogP contribution in [0.5, 0.6) is 0 Å². The van der Waals surface area contributed by atoms with Crippen molar-refractivity contribution in [1.82, 2.24) is 10.2 Å². The van der Waals surface area contributed by atoms with Crippen LogP contribution in [0.15, 0.2) is 48.5 Å². The molecule has 4 nitrogen and oxygen atoms in total. The van der Waals surface area contributed by atoms with E-state index in [-0.39, 0.29) is 11.5 Å². The summed E-state index contributed by atoms with van der Waals surface area (Å²) >= 11 is 0. The third-order valence-corrected chi connectivity index (χ3v) is 7.58. The van der Waals surface area contributed by atoms with Gasteiger partial charge in [-0.2, -0.15) is 0 Å². The number of hydrogen-bond donors (Lipinski definition) is 2. The summed E-state index contributed by atoms with van der Waals surface area (Å²) in [5.41, 5.74) is 11.3. The number of anilines is 1. The number of likely N-dealkylation sites (tertiary alicyclic amines) is 1. The first-order chi connectivity index (χ1) is 13.7. The highest BCUT2D eigenvalue weighted by atomic mass is 16.1. The Morgan fingerprint density at radius 3 is 2.86 bits per heavy atom. The molecule has 2 heterocycles. The Bertz CT molecular complexity index is 867. The Labute approximate surface area is 167 Å². The summed E-state index contributed by atoms with van der Waals surface area (Å²) in [6.45, 7) is 2.85. The second-order valence-corrected chi connectivity index (χ2v) is 8.85. The van der Waals surface area contributed by atoms with E-state index in [0.717, 1.165) is 57.4 Å². The van der Waals surface area contributed by atoms with E-state index in [1.54, 1.807) is 0 Å². The van der Waals surface area contributed by atoms with Crippen LogP contribution in [0.25, 0.3) is 0 Å². The van der Waals surface area contributed by atoms with Gasteiger partial charge in [-0.05, 0) is 60.4 Å². The number of benzene rings is 2. The number of hydrogen-bond acceptors (Lipinski definition) is 3. The number of carbonyl (C=O) groups is 1. The third kappa shape index (κ3) is 2.74. The summed E-state index contributed by atoms with van der Waals surface area (Å²) in [7, 11) is 0. The number of nitrogen functional groups attached to an aromatic ring is 1. The number of fused-ring (bicyclic) bond motifs is 2. The van der Waals surface area contributed by atoms with E-state index < -0.39 is 0 Å². The predicted octanol–water partition coefficient (Wildman–Crippen LogP) is 3.08. The Kier molecular flexibility index (Phi) is 4.39. The van der Waals surface area contributed by atoms with Gasteiger partial charge in [-0.3, -0.25) is 4.79 Å². The monoisotopic (exact) mass is 375 g/mol. The van der Waals surface area contributed by atoms with Gasteiger partial charge in [-0.25, -0.2) is 0 Å². The fourth-order valence-corrected chi connectivity index (χ4v) is 6.22. The molecule has 2 aliphatic heterocycles. The number of carbonyl (C=O) groups excluding carboxylic acids is 1. The van der Waals surface area contributed by atoms with E-state index in [9.17, 15) is 4.79 Å². The van der Waals surface area contributed by atoms with Crippen molar-refractivity contribution in [3.63, 3.8) is 0 Å². The Morgan fingerprint density at radius 1 is 1.18 bits per heavy atom. The third-order valence-electron chi connectivity index (χ3n) is 7.58. The van der Waals surface area contributed by atoms with Gasteiger partial charge in [0.15, 0.2) is 0 Å². The maximum absolute atomic E-state index is 12.0. The van der Waals surface area contributed by atoms with Gasteiger partial charge in [0, 0.05) is 42.7 Å². The highest BCUT2D eigenvalue weighted by molar-refractivity contribution is 5.52. The van der Waals surface area contributed by atoms with Crippen molar-refractivity contribution < 1.29 is 4.79 Å². The van der Waals surface area contributed by atoms with Crippen molar-refractivity contribution in [3.8, 4) is 0 Å². The van der Waals surface area contributed by atoms with Crippen LogP contribution in [-0.4, -0.2) is 37.0 Å². The Balaban J connectivity index is 1.49. The fraction of sp³-hybridized carbons (Fsp3) is 0.458. The van der Waals surface area contributed by atoms with Crippen LogP contribution in [0.4, 0.5) is 5.69 Å². The lowest BCUT2D eigenvalue weighted by molar-refractivity contribution is -0.123. The molecule has 3 aliphatic rings. The SMILES string of the molecule is Nc1ccc2c(c1)CC[C@]21CNC[C@H]1C1CC(c2ccccc2)CCN1C=O. The van der Waals surface area contributed by atoms with Crippen LogP contribution in [0, 0.1) is 5.92 Å². The van der Waals surface area contributed by atoms with Gasteiger partial charge >= 0.3 is 0 Å². The van der Waals surface area contributed by atoms with Crippen molar-refractivity contribution in [1.29, 1.82) is 0 Å². The molecule has 0 bridgehead atoms. The van der Waals surface area contributed by atoms with E-state index in [1.807, 2.05) is 6.07 Å². The molecule has 2 aromatic rings. The van der Waals surface area contributed by atoms with Crippen LogP contribution >= 0.6 is 0 Å². The van der Waals surface area contributed by atoms with Gasteiger partial charge in [-0.15, -0.1) is 0 Å². The summed E-state index contributed by atoms with van der Waals surface area (Å²) in [6.07, 6.45) is 5.45. The second-order valence-electron chi connectivity index (χ2n) is 8.85. The highest BCUT2D eigenvalue weighted by Crippen LogP contribution is 2.50. The summed E-state index contributed by atoms with van der Waals surface area (Å²) in [5.74, 6) is 0.987. The van der Waals surface area contributed by atoms with Gasteiger partial charge in [0.25, 0.3) is 0 Å². The standard InChI is InChI=1S/C24H29N3O/c25-20-6-7-21-19(12-20)8-10-24(21)15-26-14-22(24)23-13-18(9-11-27(23)16-28)17-4-2-1-3-5-17/h1-7,12,16,18,22-23,26H,8-11,13-15,25H2/t18?,22-,23?,24-/m0/s1. The molecule has 1 amide bonds. The normalized spacial score (nSPS) is 31.9. The molecule has 2 saturated heterocycles. The Morgan fingerprint density at radius 2 is 2.04 bits per heavy atom. The first kappa shape index (κ1) is 17.7. The van der Waals surface area contributed by atoms with Gasteiger partial charge in [0.05, 0.1) is 0 Å². The second kappa shape index (κ2) is 6.93. The largest absolute Gasteiger partial charge is 0.399 e. The minimum Gasteiger partial charge on any atom is -0.399 e. The van der Waals surface area contributed by atoms with Crippen molar-refractivity contribution in [2.75, 3.05) is 25.4 Å². The van der Waals surface area contributed by atoms with Crippen molar-refractivity contribution in [2.45, 2.75) is 43.1 Å². The van der Waals surface area contributed by atoms with Crippen LogP contribution in [-0.2, 0) is 16.6 Å². The summed E-state index contributed by atoms with van der Waals surface area (Å²) in [4.78, 5) is 14.0. The predicted molar refractivity (Wildman–Crippen MR) is 112 cm³/mol. The molecule has 3 N–H and O–H groups in total. The average Bonchev–Trinajstić information content (AvgIpc) is 3.32. The molecule has 2 aromatic carbocycles. The zero-order chi connectivity index (χ0) is 19.1. The van der Waals surface area contributed by atoms with Gasteiger partial charge < -0.3 is 16.0 Å². The minimum atomic E-state index is 0.132. The average molecular weight is 376 g/mol. The molecule has 0 saturated carbocycles. The molecule has 2 unspecified atom stereocenters. The van der Waals surface area contributed by atoms with E-state index in [2.05, 4.69) is 52.7 Å². The van der Waals surface area contributed by atoms with E-state index >= 15 is 0 Å². The minimum absolute atomic E-state index is 0.132. The van der Waals surface area contributed by atoms with E-state index in [1.165, 1.54) is 16.7 Å². The Hall–Kier alpha value is -2.33. The number of aryl methyl sites for hydroxylation is 1. The molecule has 2 fully saturated rings. The molecular weight excluding hydrogens is 346 g/mol. The molecule has 0 aromatic heterocycles. The molecule has 1 aliphatic carbocycles. The molecule has 146 valence electrons. The molecule has 28 heavy (non-hydrogen) atoms. The molecule has 0 radical (unpaired) electrons. The molecular formula is C24H29N3O. The van der Waals surface area contributed by atoms with Crippen LogP contribution < -0.4 is 11.1 Å². The zero-order valence-electron chi connectivity index (χ0n) is 16.3. The molecule has 4 atom stereocenters. The summed E-state index contributed by atoms with van der Waals surface area (Å²) in [5, 5.41) is 3.68. The molecule has 1 spiro atoms. The number of amides is 1. The highest BCUT2D eigenvalue weighted by Gasteiger charge is 2.52. The smallest absolute Gasteiger partial charge is 0.209 e. The van der Waals surface area contributed by atoms with E-state index in [4.69, 9.17) is 5.73 Å². The van der Waals surface area contributed by atoms with E-state index in [0.29, 0.717) is 11.8 Å². The topological polar surface area (TPSA) is 58.4 Å². The maximum Gasteiger partial charge on any atom is 0.209 e. The lowest BCUT2D eigenvalue weighted by Gasteiger charge is -2.45. The summed E-state index contributed by atoms with van der Waals surface area (Å²) in [6, 6.07) is 17.6. The number of piperidine rings is 1. The van der Waals surface area contributed by atoms with Crippen molar-refractivity contribution in [2.24, 2.45) is 5.92 Å². The van der Waals surface area contributed by atoms with Crippen LogP contribution in [0.3, 0.4) is 0 Å². The quantitative estimate of drug-likeness (QED) is 0.640. The van der Waals surface area contributed by atoms with Crippen LogP contribution in [0.1, 0.15) is 41.9 Å².